The summed E-state index contributed by atoms with van der Waals surface area (Å²) in [5.74, 6) is -1.22. The predicted molar refractivity (Wildman–Crippen MR) is 135 cm³/mol. The van der Waals surface area contributed by atoms with Crippen LogP contribution in [0.15, 0.2) is 61.2 Å². The van der Waals surface area contributed by atoms with E-state index >= 15 is 0 Å². The van der Waals surface area contributed by atoms with Gasteiger partial charge in [0.25, 0.3) is 0 Å². The molecule has 1 atom stereocenters. The van der Waals surface area contributed by atoms with E-state index in [-0.39, 0.29) is 36.7 Å². The lowest BCUT2D eigenvalue weighted by atomic mass is 9.84. The minimum Gasteiger partial charge on any atom is -0.481 e. The van der Waals surface area contributed by atoms with Crippen molar-refractivity contribution in [3.8, 4) is 11.1 Å². The number of carboxylic acids is 1. The molecule has 0 spiro atoms. The Balaban J connectivity index is 1.53. The van der Waals surface area contributed by atoms with Crippen LogP contribution in [0.3, 0.4) is 0 Å². The normalized spacial score (nSPS) is 13.3. The summed E-state index contributed by atoms with van der Waals surface area (Å²) >= 11 is 0. The fourth-order valence-corrected chi connectivity index (χ4v) is 4.40. The molecule has 1 aliphatic carbocycles. The maximum Gasteiger partial charge on any atom is 0.407 e. The molecule has 1 aliphatic rings. The van der Waals surface area contributed by atoms with E-state index in [4.69, 9.17) is 9.84 Å². The second-order valence-electron chi connectivity index (χ2n) is 9.65. The standard InChI is InChI=1S/C28H34N2O5/c1-4-9-24(26(33)29-17-16-28(2,3)15-14-25(31)32)30-27(34)35-18-23-21-12-7-5-10-19(21)20-11-6-8-13-22(20)23/h4-8,10-13,23-24H,1,9,14-18H2,2-3H3,(H,29,33)(H,30,34)(H,31,32). The van der Waals surface area contributed by atoms with Gasteiger partial charge in [-0.1, -0.05) is 68.5 Å². The van der Waals surface area contributed by atoms with Crippen LogP contribution in [0, 0.1) is 5.41 Å². The van der Waals surface area contributed by atoms with Crippen LogP contribution in [-0.2, 0) is 14.3 Å². The summed E-state index contributed by atoms with van der Waals surface area (Å²) in [4.78, 5) is 36.1. The summed E-state index contributed by atoms with van der Waals surface area (Å²) in [6, 6.07) is 15.4. The topological polar surface area (TPSA) is 105 Å². The molecule has 3 rings (SSSR count). The predicted octanol–water partition coefficient (Wildman–Crippen LogP) is 4.87. The number of fused-ring (bicyclic) bond motifs is 3. The Labute approximate surface area is 206 Å². The van der Waals surface area contributed by atoms with E-state index in [2.05, 4.69) is 29.3 Å². The molecule has 0 saturated carbocycles. The van der Waals surface area contributed by atoms with Crippen molar-refractivity contribution in [2.45, 2.75) is 51.5 Å². The Morgan fingerprint density at radius 1 is 1.06 bits per heavy atom. The third kappa shape index (κ3) is 6.94. The molecule has 0 bridgehead atoms. The molecule has 35 heavy (non-hydrogen) atoms. The molecule has 0 aromatic heterocycles. The molecule has 7 heteroatoms. The number of aliphatic carboxylic acids is 1. The number of carboxylic acid groups (broad SMARTS) is 1. The summed E-state index contributed by atoms with van der Waals surface area (Å²) in [5.41, 5.74) is 4.30. The molecule has 0 radical (unpaired) electrons. The zero-order valence-corrected chi connectivity index (χ0v) is 20.4. The van der Waals surface area contributed by atoms with Gasteiger partial charge in [0, 0.05) is 18.9 Å². The van der Waals surface area contributed by atoms with Crippen molar-refractivity contribution in [1.82, 2.24) is 10.6 Å². The van der Waals surface area contributed by atoms with Gasteiger partial charge >= 0.3 is 12.1 Å². The second kappa shape index (κ2) is 11.7. The van der Waals surface area contributed by atoms with Crippen molar-refractivity contribution in [3.63, 3.8) is 0 Å². The molecule has 3 N–H and O–H groups in total. The highest BCUT2D eigenvalue weighted by Crippen LogP contribution is 2.44. The molecule has 2 amide bonds. The number of hydrogen-bond donors (Lipinski definition) is 3. The number of nitrogens with one attached hydrogen (secondary N) is 2. The third-order valence-corrected chi connectivity index (χ3v) is 6.47. The summed E-state index contributed by atoms with van der Waals surface area (Å²) in [7, 11) is 0. The van der Waals surface area contributed by atoms with Crippen LogP contribution in [0.2, 0.25) is 0 Å². The van der Waals surface area contributed by atoms with Crippen molar-refractivity contribution in [2.75, 3.05) is 13.2 Å². The van der Waals surface area contributed by atoms with Gasteiger partial charge < -0.3 is 20.5 Å². The smallest absolute Gasteiger partial charge is 0.407 e. The van der Waals surface area contributed by atoms with Gasteiger partial charge in [0.05, 0.1) is 0 Å². The van der Waals surface area contributed by atoms with Crippen molar-refractivity contribution in [1.29, 1.82) is 0 Å². The summed E-state index contributed by atoms with van der Waals surface area (Å²) in [6.07, 6.45) is 2.41. The van der Waals surface area contributed by atoms with Crippen LogP contribution < -0.4 is 10.6 Å². The van der Waals surface area contributed by atoms with Gasteiger partial charge in [0.1, 0.15) is 12.6 Å². The number of ether oxygens (including phenoxy) is 1. The number of alkyl carbamates (subject to hydrolysis) is 1. The van der Waals surface area contributed by atoms with E-state index in [0.29, 0.717) is 19.4 Å². The summed E-state index contributed by atoms with van der Waals surface area (Å²) < 4.78 is 5.56. The highest BCUT2D eigenvalue weighted by Gasteiger charge is 2.29. The largest absolute Gasteiger partial charge is 0.481 e. The SMILES string of the molecule is C=CCC(NC(=O)OCC1c2ccccc2-c2ccccc21)C(=O)NCCC(C)(C)CCC(=O)O. The lowest BCUT2D eigenvalue weighted by Crippen LogP contribution is -2.47. The van der Waals surface area contributed by atoms with Gasteiger partial charge in [0.2, 0.25) is 5.91 Å². The van der Waals surface area contributed by atoms with Gasteiger partial charge in [-0.3, -0.25) is 9.59 Å². The molecular formula is C28H34N2O5. The molecule has 0 saturated heterocycles. The van der Waals surface area contributed by atoms with Gasteiger partial charge in [-0.25, -0.2) is 4.79 Å². The fraction of sp³-hybridized carbons (Fsp3) is 0.393. The van der Waals surface area contributed by atoms with Crippen LogP contribution in [0.4, 0.5) is 4.79 Å². The lowest BCUT2D eigenvalue weighted by Gasteiger charge is -2.24. The second-order valence-corrected chi connectivity index (χ2v) is 9.65. The Bertz CT molecular complexity index is 1030. The fourth-order valence-electron chi connectivity index (χ4n) is 4.40. The van der Waals surface area contributed by atoms with Gasteiger partial charge in [0.15, 0.2) is 0 Å². The Morgan fingerprint density at radius 3 is 2.23 bits per heavy atom. The van der Waals surface area contributed by atoms with Crippen LogP contribution in [0.5, 0.6) is 0 Å². The van der Waals surface area contributed by atoms with Gasteiger partial charge in [-0.2, -0.15) is 0 Å². The Morgan fingerprint density at radius 2 is 1.66 bits per heavy atom. The van der Waals surface area contributed by atoms with Crippen LogP contribution in [-0.4, -0.2) is 42.3 Å². The highest BCUT2D eigenvalue weighted by atomic mass is 16.5. The molecular weight excluding hydrogens is 444 g/mol. The lowest BCUT2D eigenvalue weighted by molar-refractivity contribution is -0.137. The highest BCUT2D eigenvalue weighted by molar-refractivity contribution is 5.86. The van der Waals surface area contributed by atoms with Crippen molar-refractivity contribution in [2.24, 2.45) is 5.41 Å². The minimum absolute atomic E-state index is 0.0622. The van der Waals surface area contributed by atoms with E-state index in [1.54, 1.807) is 6.08 Å². The zero-order chi connectivity index (χ0) is 25.4. The molecule has 2 aromatic rings. The van der Waals surface area contributed by atoms with Crippen molar-refractivity contribution >= 4 is 18.0 Å². The molecule has 0 aliphatic heterocycles. The van der Waals surface area contributed by atoms with Gasteiger partial charge in [-0.15, -0.1) is 6.58 Å². The van der Waals surface area contributed by atoms with Crippen LogP contribution in [0.25, 0.3) is 11.1 Å². The minimum atomic E-state index is -0.833. The first-order valence-electron chi connectivity index (χ1n) is 11.9. The monoisotopic (exact) mass is 478 g/mol. The average molecular weight is 479 g/mol. The molecule has 0 fully saturated rings. The zero-order valence-electron chi connectivity index (χ0n) is 20.4. The third-order valence-electron chi connectivity index (χ3n) is 6.47. The number of hydrogen-bond acceptors (Lipinski definition) is 4. The maximum absolute atomic E-state index is 12.7. The summed E-state index contributed by atoms with van der Waals surface area (Å²) in [6.45, 7) is 8.17. The van der Waals surface area contributed by atoms with Crippen LogP contribution in [0.1, 0.15) is 56.6 Å². The Hall–Kier alpha value is -3.61. The van der Waals surface area contributed by atoms with E-state index in [1.807, 2.05) is 50.2 Å². The van der Waals surface area contributed by atoms with E-state index in [1.165, 1.54) is 0 Å². The van der Waals surface area contributed by atoms with Crippen molar-refractivity contribution < 1.29 is 24.2 Å². The van der Waals surface area contributed by atoms with Crippen molar-refractivity contribution in [3.05, 3.63) is 72.3 Å². The quantitative estimate of drug-likeness (QED) is 0.378. The number of rotatable bonds is 12. The average Bonchev–Trinajstić information content (AvgIpc) is 3.15. The Kier molecular flexibility index (Phi) is 8.68. The van der Waals surface area contributed by atoms with Crippen LogP contribution >= 0.6 is 0 Å². The molecule has 1 unspecified atom stereocenters. The first kappa shape index (κ1) is 26.0. The maximum atomic E-state index is 12.7. The van der Waals surface area contributed by atoms with E-state index < -0.39 is 18.1 Å². The number of carbonyl (C=O) groups excluding carboxylic acids is 2. The molecule has 2 aromatic carbocycles. The first-order valence-corrected chi connectivity index (χ1v) is 11.9. The number of carbonyl (C=O) groups is 3. The number of amides is 2. The molecule has 186 valence electrons. The molecule has 7 nitrogen and oxygen atoms in total. The van der Waals surface area contributed by atoms with E-state index in [0.717, 1.165) is 22.3 Å². The van der Waals surface area contributed by atoms with E-state index in [9.17, 15) is 14.4 Å². The van der Waals surface area contributed by atoms with Gasteiger partial charge in [-0.05, 0) is 46.9 Å². The first-order chi connectivity index (χ1) is 16.7. The number of benzene rings is 2. The summed E-state index contributed by atoms with van der Waals surface area (Å²) in [5, 5.41) is 14.4. The molecule has 0 heterocycles.